The Labute approximate surface area is 98.8 Å². The molecule has 0 heterocycles. The van der Waals surface area contributed by atoms with Crippen molar-refractivity contribution in [1.82, 2.24) is 0 Å². The van der Waals surface area contributed by atoms with E-state index in [2.05, 4.69) is 25.1 Å². The zero-order chi connectivity index (χ0) is 11.8. The third-order valence-electron chi connectivity index (χ3n) is 2.55. The van der Waals surface area contributed by atoms with Crippen LogP contribution in [0.15, 0.2) is 24.3 Å². The van der Waals surface area contributed by atoms with Crippen LogP contribution >= 0.6 is 0 Å². The molecule has 0 aliphatic carbocycles. The van der Waals surface area contributed by atoms with Gasteiger partial charge in [0.05, 0.1) is 6.61 Å². The molecule has 90 valence electrons. The molecule has 2 heteroatoms. The third kappa shape index (κ3) is 5.17. The minimum atomic E-state index is 0.268. The molecule has 1 rings (SSSR count). The molecule has 16 heavy (non-hydrogen) atoms. The van der Waals surface area contributed by atoms with E-state index < -0.39 is 0 Å². The predicted molar refractivity (Wildman–Crippen MR) is 68.8 cm³/mol. The Kier molecular flexibility index (Phi) is 5.94. The number of hydrogen-bond donors (Lipinski definition) is 1. The third-order valence-corrected chi connectivity index (χ3v) is 2.55. The van der Waals surface area contributed by atoms with Crippen LogP contribution in [0.3, 0.4) is 0 Å². The molecular formula is C14H23NO. The maximum atomic E-state index is 5.75. The van der Waals surface area contributed by atoms with Gasteiger partial charge in [-0.15, -0.1) is 0 Å². The normalized spacial score (nSPS) is 12.4. The van der Waals surface area contributed by atoms with E-state index in [0.29, 0.717) is 0 Å². The molecule has 1 unspecified atom stereocenters. The Morgan fingerprint density at radius 1 is 1.38 bits per heavy atom. The maximum absolute atomic E-state index is 5.75. The number of hydrogen-bond acceptors (Lipinski definition) is 2. The first kappa shape index (κ1) is 13.0. The lowest BCUT2D eigenvalue weighted by Crippen LogP contribution is -2.15. The fourth-order valence-corrected chi connectivity index (χ4v) is 1.52. The van der Waals surface area contributed by atoms with E-state index in [1.807, 2.05) is 13.0 Å². The Morgan fingerprint density at radius 3 is 2.88 bits per heavy atom. The molecule has 0 aliphatic rings. The summed E-state index contributed by atoms with van der Waals surface area (Å²) in [6.07, 6.45) is 4.34. The van der Waals surface area contributed by atoms with Gasteiger partial charge in [0.2, 0.25) is 0 Å². The molecule has 0 saturated heterocycles. The highest BCUT2D eigenvalue weighted by Crippen LogP contribution is 2.15. The molecular weight excluding hydrogens is 198 g/mol. The summed E-state index contributed by atoms with van der Waals surface area (Å²) >= 11 is 0. The summed E-state index contributed by atoms with van der Waals surface area (Å²) in [5.74, 6) is 0.982. The van der Waals surface area contributed by atoms with E-state index in [9.17, 15) is 0 Å². The summed E-state index contributed by atoms with van der Waals surface area (Å²) in [5.41, 5.74) is 7.06. The van der Waals surface area contributed by atoms with E-state index in [1.165, 1.54) is 12.0 Å². The van der Waals surface area contributed by atoms with Crippen LogP contribution in [0.4, 0.5) is 0 Å². The lowest BCUT2D eigenvalue weighted by molar-refractivity contribution is 0.309. The van der Waals surface area contributed by atoms with Crippen LogP contribution < -0.4 is 10.5 Å². The standard InChI is InChI=1S/C14H23NO/c1-3-4-10-16-14-7-5-6-13(11-14)9-8-12(2)15/h5-7,11-12H,3-4,8-10,15H2,1-2H3. The van der Waals surface area contributed by atoms with Gasteiger partial charge in [0.15, 0.2) is 0 Å². The molecule has 0 fully saturated rings. The molecule has 2 nitrogen and oxygen atoms in total. The fraction of sp³-hybridized carbons (Fsp3) is 0.571. The van der Waals surface area contributed by atoms with Crippen LogP contribution in [0, 0.1) is 0 Å². The average molecular weight is 221 g/mol. The quantitative estimate of drug-likeness (QED) is 0.718. The molecule has 1 atom stereocenters. The molecule has 0 amide bonds. The summed E-state index contributed by atoms with van der Waals surface area (Å²) < 4.78 is 5.66. The minimum Gasteiger partial charge on any atom is -0.494 e. The summed E-state index contributed by atoms with van der Waals surface area (Å²) in [7, 11) is 0. The molecule has 0 radical (unpaired) electrons. The Balaban J connectivity index is 2.43. The SMILES string of the molecule is CCCCOc1cccc(CCC(C)N)c1. The minimum absolute atomic E-state index is 0.268. The smallest absolute Gasteiger partial charge is 0.119 e. The monoisotopic (exact) mass is 221 g/mol. The van der Waals surface area contributed by atoms with Crippen LogP contribution in [-0.2, 0) is 6.42 Å². The first-order valence-electron chi connectivity index (χ1n) is 6.19. The van der Waals surface area contributed by atoms with Crippen molar-refractivity contribution in [3.05, 3.63) is 29.8 Å². The second-order valence-corrected chi connectivity index (χ2v) is 4.37. The van der Waals surface area contributed by atoms with Crippen molar-refractivity contribution in [2.24, 2.45) is 5.73 Å². The number of benzene rings is 1. The number of unbranched alkanes of at least 4 members (excludes halogenated alkanes) is 1. The fourth-order valence-electron chi connectivity index (χ4n) is 1.52. The van der Waals surface area contributed by atoms with Crippen molar-refractivity contribution in [2.45, 2.75) is 45.6 Å². The summed E-state index contributed by atoms with van der Waals surface area (Å²) in [5, 5.41) is 0. The lowest BCUT2D eigenvalue weighted by Gasteiger charge is -2.08. The maximum Gasteiger partial charge on any atom is 0.119 e. The molecule has 1 aromatic rings. The molecule has 0 spiro atoms. The second kappa shape index (κ2) is 7.29. The van der Waals surface area contributed by atoms with Gasteiger partial charge in [-0.2, -0.15) is 0 Å². The van der Waals surface area contributed by atoms with E-state index in [1.54, 1.807) is 0 Å². The van der Waals surface area contributed by atoms with E-state index in [4.69, 9.17) is 10.5 Å². The zero-order valence-corrected chi connectivity index (χ0v) is 10.4. The van der Waals surface area contributed by atoms with Crippen LogP contribution in [0.2, 0.25) is 0 Å². The van der Waals surface area contributed by atoms with Gasteiger partial charge in [-0.3, -0.25) is 0 Å². The van der Waals surface area contributed by atoms with Gasteiger partial charge < -0.3 is 10.5 Å². The van der Waals surface area contributed by atoms with Crippen molar-refractivity contribution >= 4 is 0 Å². The van der Waals surface area contributed by atoms with Crippen LogP contribution in [0.5, 0.6) is 5.75 Å². The highest BCUT2D eigenvalue weighted by molar-refractivity contribution is 5.28. The number of aryl methyl sites for hydroxylation is 1. The highest BCUT2D eigenvalue weighted by Gasteiger charge is 1.99. The van der Waals surface area contributed by atoms with Gasteiger partial charge in [-0.1, -0.05) is 25.5 Å². The number of nitrogens with two attached hydrogens (primary N) is 1. The Morgan fingerprint density at radius 2 is 2.19 bits per heavy atom. The van der Waals surface area contributed by atoms with Crippen molar-refractivity contribution in [3.8, 4) is 5.75 Å². The molecule has 2 N–H and O–H groups in total. The summed E-state index contributed by atoms with van der Waals surface area (Å²) in [6, 6.07) is 8.60. The first-order valence-corrected chi connectivity index (χ1v) is 6.19. The van der Waals surface area contributed by atoms with Gasteiger partial charge in [0.1, 0.15) is 5.75 Å². The van der Waals surface area contributed by atoms with Crippen molar-refractivity contribution < 1.29 is 4.74 Å². The lowest BCUT2D eigenvalue weighted by atomic mass is 10.1. The average Bonchev–Trinajstić information content (AvgIpc) is 2.27. The first-order chi connectivity index (χ1) is 7.72. The second-order valence-electron chi connectivity index (χ2n) is 4.37. The van der Waals surface area contributed by atoms with Gasteiger partial charge in [0, 0.05) is 6.04 Å². The van der Waals surface area contributed by atoms with Crippen molar-refractivity contribution in [1.29, 1.82) is 0 Å². The Bertz CT molecular complexity index is 297. The Hall–Kier alpha value is -1.02. The number of ether oxygens (including phenoxy) is 1. The van der Waals surface area contributed by atoms with E-state index in [0.717, 1.165) is 31.6 Å². The number of rotatable bonds is 7. The van der Waals surface area contributed by atoms with Gasteiger partial charge in [-0.05, 0) is 43.9 Å². The van der Waals surface area contributed by atoms with E-state index >= 15 is 0 Å². The van der Waals surface area contributed by atoms with E-state index in [-0.39, 0.29) is 6.04 Å². The predicted octanol–water partition coefficient (Wildman–Crippen LogP) is 3.15. The van der Waals surface area contributed by atoms with Crippen LogP contribution in [0.1, 0.15) is 38.7 Å². The summed E-state index contributed by atoms with van der Waals surface area (Å²) in [4.78, 5) is 0. The zero-order valence-electron chi connectivity index (χ0n) is 10.4. The molecule has 0 aliphatic heterocycles. The van der Waals surface area contributed by atoms with Crippen molar-refractivity contribution in [3.63, 3.8) is 0 Å². The molecule has 1 aromatic carbocycles. The van der Waals surface area contributed by atoms with Crippen LogP contribution in [0.25, 0.3) is 0 Å². The molecule has 0 saturated carbocycles. The molecule has 0 aromatic heterocycles. The summed E-state index contributed by atoms with van der Waals surface area (Å²) in [6.45, 7) is 5.03. The van der Waals surface area contributed by atoms with Crippen molar-refractivity contribution in [2.75, 3.05) is 6.61 Å². The van der Waals surface area contributed by atoms with Gasteiger partial charge >= 0.3 is 0 Å². The van der Waals surface area contributed by atoms with Gasteiger partial charge in [0.25, 0.3) is 0 Å². The topological polar surface area (TPSA) is 35.2 Å². The largest absolute Gasteiger partial charge is 0.494 e. The van der Waals surface area contributed by atoms with Gasteiger partial charge in [-0.25, -0.2) is 0 Å². The highest BCUT2D eigenvalue weighted by atomic mass is 16.5. The van der Waals surface area contributed by atoms with Crippen LogP contribution in [-0.4, -0.2) is 12.6 Å². The molecule has 0 bridgehead atoms.